The van der Waals surface area contributed by atoms with Crippen molar-refractivity contribution < 1.29 is 24.2 Å². The molecule has 2 aliphatic rings. The van der Waals surface area contributed by atoms with Crippen LogP contribution in [0.2, 0.25) is 0 Å². The Hall–Kier alpha value is -3.35. The van der Waals surface area contributed by atoms with Crippen LogP contribution >= 0.6 is 0 Å². The predicted molar refractivity (Wildman–Crippen MR) is 133 cm³/mol. The number of hydrogen-bond donors (Lipinski definition) is 2. The van der Waals surface area contributed by atoms with Crippen molar-refractivity contribution in [3.8, 4) is 11.1 Å². The SMILES string of the molecule is CCN(C(=O)C1CCCC1CNC(=O)OCC1c2ccccc2-c2ccccc21)C(C)(C)C(=O)O. The predicted octanol–water partition coefficient (Wildman–Crippen LogP) is 4.65. The number of ether oxygens (including phenoxy) is 1. The number of alkyl carbamates (subject to hydrolysis) is 1. The van der Waals surface area contributed by atoms with Crippen LogP contribution in [0.15, 0.2) is 48.5 Å². The number of nitrogens with one attached hydrogen (secondary N) is 1. The lowest BCUT2D eigenvalue weighted by atomic mass is 9.92. The Bertz CT molecular complexity index is 1070. The summed E-state index contributed by atoms with van der Waals surface area (Å²) in [6.45, 7) is 5.79. The number of aliphatic carboxylic acids is 1. The molecule has 4 rings (SSSR count). The lowest BCUT2D eigenvalue weighted by Crippen LogP contribution is -2.55. The number of likely N-dealkylation sites (N-methyl/N-ethyl adjacent to an activating group) is 1. The maximum atomic E-state index is 13.2. The van der Waals surface area contributed by atoms with Crippen molar-refractivity contribution in [2.75, 3.05) is 19.7 Å². The summed E-state index contributed by atoms with van der Waals surface area (Å²) in [4.78, 5) is 39.0. The van der Waals surface area contributed by atoms with Crippen molar-refractivity contribution in [3.05, 3.63) is 59.7 Å². The van der Waals surface area contributed by atoms with E-state index in [2.05, 4.69) is 29.6 Å². The first-order chi connectivity index (χ1) is 16.8. The fraction of sp³-hybridized carbons (Fsp3) is 0.464. The Morgan fingerprint density at radius 3 is 2.20 bits per heavy atom. The van der Waals surface area contributed by atoms with Gasteiger partial charge in [0, 0.05) is 24.9 Å². The molecule has 0 saturated heterocycles. The minimum Gasteiger partial charge on any atom is -0.480 e. The average Bonchev–Trinajstić information content (AvgIpc) is 3.44. The highest BCUT2D eigenvalue weighted by molar-refractivity contribution is 5.88. The molecule has 2 atom stereocenters. The van der Waals surface area contributed by atoms with Gasteiger partial charge in [-0.1, -0.05) is 55.0 Å². The standard InChI is InChI=1S/C28H34N2O5/c1-4-30(28(2,3)26(32)33)25(31)19-15-9-10-18(19)16-29-27(34)35-17-24-22-13-7-5-11-20(22)21-12-6-8-14-23(21)24/h5-8,11-14,18-19,24H,4,9-10,15-17H2,1-3H3,(H,29,34)(H,32,33). The Kier molecular flexibility index (Phi) is 7.15. The molecule has 35 heavy (non-hydrogen) atoms. The third kappa shape index (κ3) is 4.77. The quantitative estimate of drug-likeness (QED) is 0.576. The number of rotatable bonds is 8. The molecule has 0 heterocycles. The summed E-state index contributed by atoms with van der Waals surface area (Å²) in [6.07, 6.45) is 1.88. The summed E-state index contributed by atoms with van der Waals surface area (Å²) in [5.41, 5.74) is 3.38. The Labute approximate surface area is 206 Å². The molecule has 0 bridgehead atoms. The first-order valence-corrected chi connectivity index (χ1v) is 12.4. The highest BCUT2D eigenvalue weighted by atomic mass is 16.5. The summed E-state index contributed by atoms with van der Waals surface area (Å²) < 4.78 is 5.63. The maximum Gasteiger partial charge on any atom is 0.407 e. The molecular formula is C28H34N2O5. The summed E-state index contributed by atoms with van der Waals surface area (Å²) in [5, 5.41) is 12.4. The molecule has 1 fully saturated rings. The molecule has 2 N–H and O–H groups in total. The molecule has 2 amide bonds. The maximum absolute atomic E-state index is 13.2. The van der Waals surface area contributed by atoms with Gasteiger partial charge in [0.25, 0.3) is 0 Å². The molecule has 0 aromatic heterocycles. The highest BCUT2D eigenvalue weighted by Gasteiger charge is 2.43. The van der Waals surface area contributed by atoms with Gasteiger partial charge in [-0.15, -0.1) is 0 Å². The van der Waals surface area contributed by atoms with Crippen molar-refractivity contribution in [1.29, 1.82) is 0 Å². The number of fused-ring (bicyclic) bond motifs is 3. The van der Waals surface area contributed by atoms with Crippen molar-refractivity contribution in [1.82, 2.24) is 10.2 Å². The summed E-state index contributed by atoms with van der Waals surface area (Å²) >= 11 is 0. The number of amides is 2. The molecule has 2 aromatic rings. The zero-order valence-corrected chi connectivity index (χ0v) is 20.6. The van der Waals surface area contributed by atoms with Crippen LogP contribution in [-0.4, -0.2) is 53.2 Å². The minimum atomic E-state index is -1.28. The van der Waals surface area contributed by atoms with E-state index in [1.807, 2.05) is 24.3 Å². The van der Waals surface area contributed by atoms with Gasteiger partial charge in [0.1, 0.15) is 12.1 Å². The van der Waals surface area contributed by atoms with Gasteiger partial charge in [0.15, 0.2) is 0 Å². The molecule has 0 spiro atoms. The minimum absolute atomic E-state index is 0.00896. The van der Waals surface area contributed by atoms with Crippen LogP contribution in [-0.2, 0) is 14.3 Å². The molecule has 0 radical (unpaired) electrons. The number of carbonyl (C=O) groups excluding carboxylic acids is 2. The van der Waals surface area contributed by atoms with Gasteiger partial charge in [0.05, 0.1) is 0 Å². The van der Waals surface area contributed by atoms with Crippen molar-refractivity contribution in [2.24, 2.45) is 11.8 Å². The van der Waals surface area contributed by atoms with Crippen molar-refractivity contribution in [3.63, 3.8) is 0 Å². The van der Waals surface area contributed by atoms with Crippen LogP contribution in [0.1, 0.15) is 57.1 Å². The summed E-state index contributed by atoms with van der Waals surface area (Å²) in [5.74, 6) is -1.54. The lowest BCUT2D eigenvalue weighted by Gasteiger charge is -2.37. The second-order valence-electron chi connectivity index (χ2n) is 9.95. The Morgan fingerprint density at radius 1 is 1.03 bits per heavy atom. The fourth-order valence-electron chi connectivity index (χ4n) is 5.61. The Morgan fingerprint density at radius 2 is 1.63 bits per heavy atom. The normalized spacial score (nSPS) is 19.1. The first kappa shape index (κ1) is 24.8. The first-order valence-electron chi connectivity index (χ1n) is 12.4. The molecule has 186 valence electrons. The molecule has 7 heteroatoms. The zero-order chi connectivity index (χ0) is 25.2. The number of nitrogens with zero attached hydrogens (tertiary/aromatic N) is 1. The second kappa shape index (κ2) is 10.1. The van der Waals surface area contributed by atoms with E-state index in [4.69, 9.17) is 4.74 Å². The second-order valence-corrected chi connectivity index (χ2v) is 9.95. The smallest absolute Gasteiger partial charge is 0.407 e. The van der Waals surface area contributed by atoms with Gasteiger partial charge in [0.2, 0.25) is 5.91 Å². The summed E-state index contributed by atoms with van der Waals surface area (Å²) in [7, 11) is 0. The average molecular weight is 479 g/mol. The van der Waals surface area contributed by atoms with Gasteiger partial charge < -0.3 is 20.1 Å². The van der Waals surface area contributed by atoms with Crippen LogP contribution < -0.4 is 5.32 Å². The fourth-order valence-corrected chi connectivity index (χ4v) is 5.61. The van der Waals surface area contributed by atoms with E-state index in [0.29, 0.717) is 19.5 Å². The van der Waals surface area contributed by atoms with Crippen molar-refractivity contribution in [2.45, 2.75) is 51.5 Å². The zero-order valence-electron chi connectivity index (χ0n) is 20.6. The van der Waals surface area contributed by atoms with Crippen LogP contribution in [0.5, 0.6) is 0 Å². The van der Waals surface area contributed by atoms with Gasteiger partial charge in [-0.2, -0.15) is 0 Å². The summed E-state index contributed by atoms with van der Waals surface area (Å²) in [6, 6.07) is 16.4. The number of carboxylic acid groups (broad SMARTS) is 1. The van der Waals surface area contributed by atoms with E-state index in [9.17, 15) is 19.5 Å². The third-order valence-electron chi connectivity index (χ3n) is 7.61. The van der Waals surface area contributed by atoms with Gasteiger partial charge in [-0.25, -0.2) is 9.59 Å². The van der Waals surface area contributed by atoms with Crippen LogP contribution in [0.3, 0.4) is 0 Å². The van der Waals surface area contributed by atoms with E-state index in [-0.39, 0.29) is 30.3 Å². The van der Waals surface area contributed by atoms with Gasteiger partial charge in [-0.05, 0) is 61.8 Å². The van der Waals surface area contributed by atoms with Crippen LogP contribution in [0, 0.1) is 11.8 Å². The molecule has 2 aliphatic carbocycles. The van der Waals surface area contributed by atoms with E-state index in [1.54, 1.807) is 20.8 Å². The van der Waals surface area contributed by atoms with E-state index in [1.165, 1.54) is 16.0 Å². The largest absolute Gasteiger partial charge is 0.480 e. The Balaban J connectivity index is 1.35. The highest BCUT2D eigenvalue weighted by Crippen LogP contribution is 2.44. The third-order valence-corrected chi connectivity index (χ3v) is 7.61. The molecule has 2 aromatic carbocycles. The number of hydrogen-bond acceptors (Lipinski definition) is 4. The topological polar surface area (TPSA) is 95.9 Å². The monoisotopic (exact) mass is 478 g/mol. The van der Waals surface area contributed by atoms with Crippen LogP contribution in [0.25, 0.3) is 11.1 Å². The van der Waals surface area contributed by atoms with E-state index < -0.39 is 17.6 Å². The van der Waals surface area contributed by atoms with Gasteiger partial charge >= 0.3 is 12.1 Å². The lowest BCUT2D eigenvalue weighted by molar-refractivity contribution is -0.159. The van der Waals surface area contributed by atoms with E-state index >= 15 is 0 Å². The molecule has 2 unspecified atom stereocenters. The van der Waals surface area contributed by atoms with E-state index in [0.717, 1.165) is 24.0 Å². The molecular weight excluding hydrogens is 444 g/mol. The van der Waals surface area contributed by atoms with Crippen LogP contribution in [0.4, 0.5) is 4.79 Å². The number of carbonyl (C=O) groups is 3. The van der Waals surface area contributed by atoms with Gasteiger partial charge in [-0.3, -0.25) is 4.79 Å². The molecule has 1 saturated carbocycles. The van der Waals surface area contributed by atoms with Crippen molar-refractivity contribution >= 4 is 18.0 Å². The number of benzene rings is 2. The molecule has 7 nitrogen and oxygen atoms in total. The molecule has 0 aliphatic heterocycles. The number of carboxylic acids is 1.